The van der Waals surface area contributed by atoms with Crippen LogP contribution >= 0.6 is 11.6 Å². The van der Waals surface area contributed by atoms with E-state index in [1.54, 1.807) is 0 Å². The van der Waals surface area contributed by atoms with Gasteiger partial charge in [0.15, 0.2) is 0 Å². The monoisotopic (exact) mass is 336 g/mol. The van der Waals surface area contributed by atoms with E-state index in [1.165, 1.54) is 6.07 Å². The van der Waals surface area contributed by atoms with Crippen LogP contribution in [0.4, 0.5) is 18.9 Å². The van der Waals surface area contributed by atoms with E-state index in [1.807, 2.05) is 4.90 Å². The maximum Gasteiger partial charge on any atom is 0.417 e. The molecule has 2 N–H and O–H groups in total. The maximum atomic E-state index is 12.7. The number of carbonyl (C=O) groups excluding carboxylic acids is 1. The van der Waals surface area contributed by atoms with E-state index in [0.29, 0.717) is 25.9 Å². The first-order valence-corrected chi connectivity index (χ1v) is 7.20. The fraction of sp³-hybridized carbons (Fsp3) is 0.500. The molecule has 4 nitrogen and oxygen atoms in total. The molecule has 22 heavy (non-hydrogen) atoms. The van der Waals surface area contributed by atoms with Crippen molar-refractivity contribution in [1.82, 2.24) is 4.90 Å². The number of likely N-dealkylation sites (tertiary alicyclic amines) is 1. The van der Waals surface area contributed by atoms with Gasteiger partial charge in [0.25, 0.3) is 0 Å². The summed E-state index contributed by atoms with van der Waals surface area (Å²) in [4.78, 5) is 13.7. The second kappa shape index (κ2) is 6.85. The number of anilines is 1. The Morgan fingerprint density at radius 1 is 1.36 bits per heavy atom. The first-order chi connectivity index (χ1) is 10.3. The van der Waals surface area contributed by atoms with Crippen LogP contribution in [0.3, 0.4) is 0 Å². The van der Waals surface area contributed by atoms with Crippen LogP contribution in [0, 0.1) is 0 Å². The van der Waals surface area contributed by atoms with Crippen LogP contribution in [0.25, 0.3) is 0 Å². The first-order valence-electron chi connectivity index (χ1n) is 6.83. The highest BCUT2D eigenvalue weighted by Gasteiger charge is 2.33. The van der Waals surface area contributed by atoms with Crippen LogP contribution in [0.2, 0.25) is 5.02 Å². The largest absolute Gasteiger partial charge is 0.417 e. The Morgan fingerprint density at radius 2 is 2.00 bits per heavy atom. The normalized spacial score (nSPS) is 17.5. The quantitative estimate of drug-likeness (QED) is 0.892. The fourth-order valence-corrected chi connectivity index (χ4v) is 2.53. The molecule has 122 valence electrons. The van der Waals surface area contributed by atoms with E-state index in [4.69, 9.17) is 11.6 Å². The third kappa shape index (κ3) is 4.59. The number of amides is 1. The second-order valence-corrected chi connectivity index (χ2v) is 5.66. The van der Waals surface area contributed by atoms with Crippen LogP contribution in [0.5, 0.6) is 0 Å². The summed E-state index contributed by atoms with van der Waals surface area (Å²) in [6.07, 6.45) is -3.73. The summed E-state index contributed by atoms with van der Waals surface area (Å²) < 4.78 is 38.2. The van der Waals surface area contributed by atoms with Gasteiger partial charge < -0.3 is 10.4 Å². The molecule has 0 atom stereocenters. The minimum absolute atomic E-state index is 0.0544. The zero-order valence-electron chi connectivity index (χ0n) is 11.7. The van der Waals surface area contributed by atoms with Crippen LogP contribution in [-0.2, 0) is 11.0 Å². The third-order valence-electron chi connectivity index (χ3n) is 3.48. The van der Waals surface area contributed by atoms with E-state index in [-0.39, 0.29) is 18.3 Å². The lowest BCUT2D eigenvalue weighted by atomic mass is 10.1. The molecule has 1 aromatic rings. The van der Waals surface area contributed by atoms with Crippen molar-refractivity contribution in [2.75, 3.05) is 25.0 Å². The van der Waals surface area contributed by atoms with E-state index < -0.39 is 22.7 Å². The van der Waals surface area contributed by atoms with Crippen molar-refractivity contribution in [2.45, 2.75) is 25.1 Å². The van der Waals surface area contributed by atoms with Gasteiger partial charge in [-0.3, -0.25) is 9.69 Å². The summed E-state index contributed by atoms with van der Waals surface area (Å²) >= 11 is 5.52. The van der Waals surface area contributed by atoms with Gasteiger partial charge >= 0.3 is 6.18 Å². The van der Waals surface area contributed by atoms with Gasteiger partial charge in [0.1, 0.15) is 0 Å². The van der Waals surface area contributed by atoms with Gasteiger partial charge in [0, 0.05) is 18.8 Å². The third-order valence-corrected chi connectivity index (χ3v) is 3.81. The average molecular weight is 337 g/mol. The average Bonchev–Trinajstić information content (AvgIpc) is 2.42. The molecule has 1 amide bonds. The number of hydrogen-bond donors (Lipinski definition) is 2. The number of benzene rings is 1. The SMILES string of the molecule is O=C(CN1CCC(O)CC1)Nc1ccc(Cl)c(C(F)(F)F)c1. The molecule has 0 aromatic heterocycles. The molecule has 0 saturated carbocycles. The molecule has 1 saturated heterocycles. The molecule has 0 unspecified atom stereocenters. The van der Waals surface area contributed by atoms with Crippen molar-refractivity contribution in [3.05, 3.63) is 28.8 Å². The van der Waals surface area contributed by atoms with Gasteiger partial charge in [0.05, 0.1) is 23.2 Å². The molecular formula is C14H16ClF3N2O2. The maximum absolute atomic E-state index is 12.7. The fourth-order valence-electron chi connectivity index (χ4n) is 2.30. The smallest absolute Gasteiger partial charge is 0.393 e. The molecule has 8 heteroatoms. The summed E-state index contributed by atoms with van der Waals surface area (Å²) in [5.41, 5.74) is -0.924. The van der Waals surface area contributed by atoms with Crippen molar-refractivity contribution in [1.29, 1.82) is 0 Å². The van der Waals surface area contributed by atoms with Crippen molar-refractivity contribution >= 4 is 23.2 Å². The highest BCUT2D eigenvalue weighted by atomic mass is 35.5. The van der Waals surface area contributed by atoms with Gasteiger partial charge in [0.2, 0.25) is 5.91 Å². The molecule has 1 aromatic carbocycles. The molecular weight excluding hydrogens is 321 g/mol. The van der Waals surface area contributed by atoms with Crippen molar-refractivity contribution in [3.8, 4) is 0 Å². The Hall–Kier alpha value is -1.31. The lowest BCUT2D eigenvalue weighted by Crippen LogP contribution is -2.40. The number of piperidine rings is 1. The highest BCUT2D eigenvalue weighted by molar-refractivity contribution is 6.31. The summed E-state index contributed by atoms with van der Waals surface area (Å²) in [5.74, 6) is -0.396. The first kappa shape index (κ1) is 17.1. The van der Waals surface area contributed by atoms with Gasteiger partial charge in [-0.15, -0.1) is 0 Å². The number of nitrogens with zero attached hydrogens (tertiary/aromatic N) is 1. The summed E-state index contributed by atoms with van der Waals surface area (Å²) in [7, 11) is 0. The summed E-state index contributed by atoms with van der Waals surface area (Å²) in [6, 6.07) is 3.26. The zero-order chi connectivity index (χ0) is 16.3. The molecule has 0 bridgehead atoms. The predicted octanol–water partition coefficient (Wildman–Crippen LogP) is 2.75. The molecule has 1 aliphatic rings. The lowest BCUT2D eigenvalue weighted by Gasteiger charge is -2.28. The minimum atomic E-state index is -4.57. The lowest BCUT2D eigenvalue weighted by molar-refractivity contribution is -0.137. The van der Waals surface area contributed by atoms with E-state index >= 15 is 0 Å². The molecule has 0 spiro atoms. The van der Waals surface area contributed by atoms with Gasteiger partial charge in [-0.05, 0) is 31.0 Å². The highest BCUT2D eigenvalue weighted by Crippen LogP contribution is 2.36. The Balaban J connectivity index is 1.97. The minimum Gasteiger partial charge on any atom is -0.393 e. The number of rotatable bonds is 3. The van der Waals surface area contributed by atoms with Gasteiger partial charge in [-0.2, -0.15) is 13.2 Å². The number of aliphatic hydroxyl groups is 1. The number of hydrogen-bond acceptors (Lipinski definition) is 3. The van der Waals surface area contributed by atoms with Crippen LogP contribution < -0.4 is 5.32 Å². The molecule has 2 rings (SSSR count). The van der Waals surface area contributed by atoms with Crippen molar-refractivity contribution < 1.29 is 23.1 Å². The zero-order valence-corrected chi connectivity index (χ0v) is 12.4. The number of alkyl halides is 3. The Labute approximate surface area is 130 Å². The number of halogens is 4. The predicted molar refractivity (Wildman–Crippen MR) is 76.8 cm³/mol. The summed E-state index contributed by atoms with van der Waals surface area (Å²) in [6.45, 7) is 1.25. The molecule has 1 fully saturated rings. The number of aliphatic hydroxyl groups excluding tert-OH is 1. The van der Waals surface area contributed by atoms with Crippen molar-refractivity contribution in [3.63, 3.8) is 0 Å². The van der Waals surface area contributed by atoms with Crippen LogP contribution in [0.15, 0.2) is 18.2 Å². The Bertz CT molecular complexity index is 543. The van der Waals surface area contributed by atoms with Crippen LogP contribution in [-0.4, -0.2) is 41.7 Å². The topological polar surface area (TPSA) is 52.6 Å². The second-order valence-electron chi connectivity index (χ2n) is 5.25. The Kier molecular flexibility index (Phi) is 5.31. The van der Waals surface area contributed by atoms with E-state index in [2.05, 4.69) is 5.32 Å². The molecule has 1 aliphatic heterocycles. The number of nitrogens with one attached hydrogen (secondary N) is 1. The van der Waals surface area contributed by atoms with E-state index in [9.17, 15) is 23.1 Å². The molecule has 1 heterocycles. The summed E-state index contributed by atoms with van der Waals surface area (Å²) in [5, 5.41) is 11.4. The number of carbonyl (C=O) groups is 1. The van der Waals surface area contributed by atoms with Gasteiger partial charge in [-0.25, -0.2) is 0 Å². The molecule has 0 radical (unpaired) electrons. The molecule has 0 aliphatic carbocycles. The van der Waals surface area contributed by atoms with Gasteiger partial charge in [-0.1, -0.05) is 11.6 Å². The standard InChI is InChI=1S/C14H16ClF3N2O2/c15-12-2-1-9(7-11(12)14(16,17)18)19-13(22)8-20-5-3-10(21)4-6-20/h1-2,7,10,21H,3-6,8H2,(H,19,22). The van der Waals surface area contributed by atoms with E-state index in [0.717, 1.165) is 12.1 Å². The van der Waals surface area contributed by atoms with Crippen LogP contribution in [0.1, 0.15) is 18.4 Å². The van der Waals surface area contributed by atoms with Crippen molar-refractivity contribution in [2.24, 2.45) is 0 Å². The Morgan fingerprint density at radius 3 is 2.59 bits per heavy atom.